The Morgan fingerprint density at radius 3 is 3.00 bits per heavy atom. The van der Waals surface area contributed by atoms with Gasteiger partial charge in [-0.25, -0.2) is 4.98 Å². The fraction of sp³-hybridized carbons (Fsp3) is 0.417. The molecule has 1 saturated carbocycles. The van der Waals surface area contributed by atoms with Crippen LogP contribution >= 0.6 is 0 Å². The van der Waals surface area contributed by atoms with Crippen molar-refractivity contribution in [2.24, 2.45) is 5.92 Å². The molecular weight excluding hydrogens is 186 g/mol. The molecule has 2 N–H and O–H groups in total. The summed E-state index contributed by atoms with van der Waals surface area (Å²) < 4.78 is 2.27. The first-order chi connectivity index (χ1) is 7.25. The van der Waals surface area contributed by atoms with Gasteiger partial charge in [-0.05, 0) is 43.9 Å². The van der Waals surface area contributed by atoms with Crippen molar-refractivity contribution < 1.29 is 0 Å². The van der Waals surface area contributed by atoms with Gasteiger partial charge in [-0.1, -0.05) is 0 Å². The summed E-state index contributed by atoms with van der Waals surface area (Å²) in [5, 5.41) is 0. The van der Waals surface area contributed by atoms with Gasteiger partial charge in [0.15, 0.2) is 0 Å². The van der Waals surface area contributed by atoms with E-state index in [1.54, 1.807) is 0 Å². The highest BCUT2D eigenvalue weighted by atomic mass is 15.1. The zero-order valence-electron chi connectivity index (χ0n) is 8.85. The molecule has 15 heavy (non-hydrogen) atoms. The van der Waals surface area contributed by atoms with E-state index in [1.165, 1.54) is 18.4 Å². The molecule has 1 aliphatic rings. The fourth-order valence-electron chi connectivity index (χ4n) is 2.18. The lowest BCUT2D eigenvalue weighted by Crippen LogP contribution is -2.05. The Kier molecular flexibility index (Phi) is 1.75. The van der Waals surface area contributed by atoms with Crippen LogP contribution in [0.3, 0.4) is 0 Å². The summed E-state index contributed by atoms with van der Waals surface area (Å²) in [4.78, 5) is 4.39. The van der Waals surface area contributed by atoms with Crippen LogP contribution in [0.15, 0.2) is 24.5 Å². The van der Waals surface area contributed by atoms with Gasteiger partial charge in [-0.2, -0.15) is 0 Å². The molecule has 3 nitrogen and oxygen atoms in total. The zero-order valence-corrected chi connectivity index (χ0v) is 8.85. The lowest BCUT2D eigenvalue weighted by atomic mass is 10.2. The van der Waals surface area contributed by atoms with Gasteiger partial charge >= 0.3 is 0 Å². The molecule has 0 amide bonds. The fourth-order valence-corrected chi connectivity index (χ4v) is 2.18. The Balaban J connectivity index is 2.10. The van der Waals surface area contributed by atoms with Crippen molar-refractivity contribution in [1.82, 2.24) is 9.55 Å². The minimum atomic E-state index is 0.568. The second kappa shape index (κ2) is 2.99. The molecule has 0 aliphatic heterocycles. The number of benzene rings is 1. The van der Waals surface area contributed by atoms with Crippen molar-refractivity contribution >= 4 is 16.7 Å². The van der Waals surface area contributed by atoms with Gasteiger partial charge in [-0.15, -0.1) is 0 Å². The molecule has 1 atom stereocenters. The lowest BCUT2D eigenvalue weighted by molar-refractivity contribution is 0.497. The minimum Gasteiger partial charge on any atom is -0.399 e. The summed E-state index contributed by atoms with van der Waals surface area (Å²) in [5.41, 5.74) is 8.72. The van der Waals surface area contributed by atoms with Gasteiger partial charge in [0.2, 0.25) is 0 Å². The number of anilines is 1. The first kappa shape index (κ1) is 8.77. The number of nitrogens with two attached hydrogens (primary N) is 1. The minimum absolute atomic E-state index is 0.568. The molecular formula is C12H15N3. The molecule has 0 radical (unpaired) electrons. The van der Waals surface area contributed by atoms with Crippen molar-refractivity contribution in [3.05, 3.63) is 24.5 Å². The molecule has 1 fully saturated rings. The number of nitrogen functional groups attached to an aromatic ring is 1. The Labute approximate surface area is 88.9 Å². The van der Waals surface area contributed by atoms with Crippen LogP contribution in [0, 0.1) is 5.92 Å². The number of imidazole rings is 1. The third-order valence-corrected chi connectivity index (χ3v) is 3.34. The molecule has 2 aromatic rings. The van der Waals surface area contributed by atoms with E-state index in [9.17, 15) is 0 Å². The summed E-state index contributed by atoms with van der Waals surface area (Å²) in [6.07, 6.45) is 4.65. The van der Waals surface area contributed by atoms with E-state index in [1.807, 2.05) is 18.5 Å². The van der Waals surface area contributed by atoms with E-state index in [0.717, 1.165) is 17.1 Å². The van der Waals surface area contributed by atoms with Crippen LogP contribution in [0.25, 0.3) is 11.0 Å². The standard InChI is InChI=1S/C12H15N3/c1-8(9-2-3-9)15-7-14-11-6-10(13)4-5-12(11)15/h4-9H,2-3,13H2,1H3. The Morgan fingerprint density at radius 1 is 1.47 bits per heavy atom. The van der Waals surface area contributed by atoms with Crippen LogP contribution in [-0.4, -0.2) is 9.55 Å². The molecule has 1 aromatic carbocycles. The maximum Gasteiger partial charge on any atom is 0.0960 e. The van der Waals surface area contributed by atoms with Crippen molar-refractivity contribution in [3.63, 3.8) is 0 Å². The predicted octanol–water partition coefficient (Wildman–Crippen LogP) is 2.59. The zero-order chi connectivity index (χ0) is 10.4. The van der Waals surface area contributed by atoms with Gasteiger partial charge in [0.05, 0.1) is 17.4 Å². The summed E-state index contributed by atoms with van der Waals surface area (Å²) in [6, 6.07) is 6.51. The molecule has 0 bridgehead atoms. The quantitative estimate of drug-likeness (QED) is 0.759. The highest BCUT2D eigenvalue weighted by Gasteiger charge is 2.29. The van der Waals surface area contributed by atoms with Crippen LogP contribution in [0.1, 0.15) is 25.8 Å². The molecule has 0 spiro atoms. The van der Waals surface area contributed by atoms with Crippen LogP contribution in [0.2, 0.25) is 0 Å². The highest BCUT2D eigenvalue weighted by molar-refractivity contribution is 5.79. The third kappa shape index (κ3) is 1.39. The number of fused-ring (bicyclic) bond motifs is 1. The number of aromatic nitrogens is 2. The first-order valence-electron chi connectivity index (χ1n) is 5.48. The van der Waals surface area contributed by atoms with Crippen LogP contribution in [-0.2, 0) is 0 Å². The van der Waals surface area contributed by atoms with Gasteiger partial charge in [0.25, 0.3) is 0 Å². The number of nitrogens with zero attached hydrogens (tertiary/aromatic N) is 2. The molecule has 78 valence electrons. The SMILES string of the molecule is CC(C1CC1)n1cnc2cc(N)ccc21. The van der Waals surface area contributed by atoms with Gasteiger partial charge < -0.3 is 10.3 Å². The van der Waals surface area contributed by atoms with Crippen molar-refractivity contribution in [2.45, 2.75) is 25.8 Å². The number of rotatable bonds is 2. The van der Waals surface area contributed by atoms with E-state index in [4.69, 9.17) is 5.73 Å². The van der Waals surface area contributed by atoms with E-state index < -0.39 is 0 Å². The summed E-state index contributed by atoms with van der Waals surface area (Å²) in [7, 11) is 0. The monoisotopic (exact) mass is 201 g/mol. The highest BCUT2D eigenvalue weighted by Crippen LogP contribution is 2.40. The van der Waals surface area contributed by atoms with E-state index in [0.29, 0.717) is 6.04 Å². The van der Waals surface area contributed by atoms with E-state index in [-0.39, 0.29) is 0 Å². The maximum absolute atomic E-state index is 5.73. The molecule has 0 saturated heterocycles. The van der Waals surface area contributed by atoms with Gasteiger partial charge in [0, 0.05) is 11.7 Å². The van der Waals surface area contributed by atoms with Crippen molar-refractivity contribution in [3.8, 4) is 0 Å². The average Bonchev–Trinajstić information content (AvgIpc) is 2.98. The van der Waals surface area contributed by atoms with Crippen molar-refractivity contribution in [1.29, 1.82) is 0 Å². The summed E-state index contributed by atoms with van der Waals surface area (Å²) in [6.45, 7) is 2.27. The Hall–Kier alpha value is -1.51. The first-order valence-corrected chi connectivity index (χ1v) is 5.48. The molecule has 3 heteroatoms. The maximum atomic E-state index is 5.73. The van der Waals surface area contributed by atoms with Crippen LogP contribution in [0.5, 0.6) is 0 Å². The number of hydrogen-bond acceptors (Lipinski definition) is 2. The topological polar surface area (TPSA) is 43.8 Å². The van der Waals surface area contributed by atoms with Gasteiger partial charge in [-0.3, -0.25) is 0 Å². The molecule has 1 heterocycles. The summed E-state index contributed by atoms with van der Waals surface area (Å²) in [5.74, 6) is 0.847. The molecule has 1 aromatic heterocycles. The second-order valence-electron chi connectivity index (χ2n) is 4.48. The average molecular weight is 201 g/mol. The summed E-state index contributed by atoms with van der Waals surface area (Å²) >= 11 is 0. The van der Waals surface area contributed by atoms with Crippen LogP contribution < -0.4 is 5.73 Å². The van der Waals surface area contributed by atoms with E-state index >= 15 is 0 Å². The molecule has 1 aliphatic carbocycles. The Bertz CT molecular complexity index is 497. The van der Waals surface area contributed by atoms with Crippen molar-refractivity contribution in [2.75, 3.05) is 5.73 Å². The smallest absolute Gasteiger partial charge is 0.0960 e. The normalized spacial score (nSPS) is 18.2. The lowest BCUT2D eigenvalue weighted by Gasteiger charge is -2.12. The van der Waals surface area contributed by atoms with E-state index in [2.05, 4.69) is 22.5 Å². The number of hydrogen-bond donors (Lipinski definition) is 1. The predicted molar refractivity (Wildman–Crippen MR) is 61.6 cm³/mol. The van der Waals surface area contributed by atoms with Gasteiger partial charge in [0.1, 0.15) is 0 Å². The second-order valence-corrected chi connectivity index (χ2v) is 4.48. The third-order valence-electron chi connectivity index (χ3n) is 3.34. The largest absolute Gasteiger partial charge is 0.399 e. The Morgan fingerprint density at radius 2 is 2.27 bits per heavy atom. The molecule has 3 rings (SSSR count). The van der Waals surface area contributed by atoms with Crippen LogP contribution in [0.4, 0.5) is 5.69 Å². The molecule has 1 unspecified atom stereocenters.